The van der Waals surface area contributed by atoms with Crippen LogP contribution in [-0.2, 0) is 6.42 Å². The number of amides is 1. The number of nitrogens with zero attached hydrogens (tertiary/aromatic N) is 1. The lowest BCUT2D eigenvalue weighted by Gasteiger charge is -2.01. The summed E-state index contributed by atoms with van der Waals surface area (Å²) in [5, 5.41) is 4.34. The fourth-order valence-electron chi connectivity index (χ4n) is 1.71. The first-order valence-corrected chi connectivity index (χ1v) is 6.75. The Hall–Kier alpha value is -2.13. The van der Waals surface area contributed by atoms with E-state index in [-0.39, 0.29) is 5.91 Å². The van der Waals surface area contributed by atoms with Crippen LogP contribution in [0.25, 0.3) is 0 Å². The third kappa shape index (κ3) is 3.68. The number of rotatable bonds is 4. The summed E-state index contributed by atoms with van der Waals surface area (Å²) in [5.74, 6) is -0.322. The number of aryl methyl sites for hydroxylation is 1. The minimum absolute atomic E-state index is 0.322. The van der Waals surface area contributed by atoms with Gasteiger partial charge in [0.05, 0.1) is 16.8 Å². The van der Waals surface area contributed by atoms with Gasteiger partial charge in [0.15, 0.2) is 0 Å². The van der Waals surface area contributed by atoms with E-state index < -0.39 is 0 Å². The van der Waals surface area contributed by atoms with E-state index in [4.69, 9.17) is 11.6 Å². The molecule has 4 heteroatoms. The Balaban J connectivity index is 1.99. The largest absolute Gasteiger partial charge is 0.272 e. The van der Waals surface area contributed by atoms with E-state index in [1.54, 1.807) is 30.5 Å². The Morgan fingerprint density at radius 1 is 1.20 bits per heavy atom. The SMILES string of the molecule is CCc1ccc(/C=N/NC(=O)c2ccccc2Cl)cc1. The maximum atomic E-state index is 11.8. The molecule has 0 spiro atoms. The summed E-state index contributed by atoms with van der Waals surface area (Å²) in [6, 6.07) is 14.9. The van der Waals surface area contributed by atoms with Crippen molar-refractivity contribution in [1.29, 1.82) is 0 Å². The highest BCUT2D eigenvalue weighted by molar-refractivity contribution is 6.33. The van der Waals surface area contributed by atoms with Crippen molar-refractivity contribution >= 4 is 23.7 Å². The van der Waals surface area contributed by atoms with Gasteiger partial charge in [0.2, 0.25) is 0 Å². The van der Waals surface area contributed by atoms with Crippen molar-refractivity contribution in [3.63, 3.8) is 0 Å². The second-order valence-corrected chi connectivity index (χ2v) is 4.68. The average Bonchev–Trinajstić information content (AvgIpc) is 2.48. The van der Waals surface area contributed by atoms with Gasteiger partial charge in [-0.2, -0.15) is 5.10 Å². The van der Waals surface area contributed by atoms with E-state index in [1.807, 2.05) is 24.3 Å². The maximum absolute atomic E-state index is 11.8. The second-order valence-electron chi connectivity index (χ2n) is 4.27. The smallest absolute Gasteiger partial charge is 0.267 e. The number of hydrogen-bond acceptors (Lipinski definition) is 2. The Bertz CT molecular complexity index is 621. The van der Waals surface area contributed by atoms with Crippen LogP contribution in [-0.4, -0.2) is 12.1 Å². The lowest BCUT2D eigenvalue weighted by Crippen LogP contribution is -2.17. The third-order valence-electron chi connectivity index (χ3n) is 2.89. The van der Waals surface area contributed by atoms with Gasteiger partial charge >= 0.3 is 0 Å². The predicted molar refractivity (Wildman–Crippen MR) is 82.3 cm³/mol. The van der Waals surface area contributed by atoms with Gasteiger partial charge in [-0.15, -0.1) is 0 Å². The van der Waals surface area contributed by atoms with Crippen LogP contribution in [0.3, 0.4) is 0 Å². The van der Waals surface area contributed by atoms with Crippen LogP contribution in [0.15, 0.2) is 53.6 Å². The van der Waals surface area contributed by atoms with Crippen LogP contribution >= 0.6 is 11.6 Å². The number of carbonyl (C=O) groups is 1. The molecule has 102 valence electrons. The van der Waals surface area contributed by atoms with Crippen molar-refractivity contribution in [1.82, 2.24) is 5.43 Å². The van der Waals surface area contributed by atoms with Crippen LogP contribution in [0.1, 0.15) is 28.4 Å². The monoisotopic (exact) mass is 286 g/mol. The van der Waals surface area contributed by atoms with Crippen molar-refractivity contribution in [2.24, 2.45) is 5.10 Å². The van der Waals surface area contributed by atoms with Gasteiger partial charge in [-0.3, -0.25) is 4.79 Å². The van der Waals surface area contributed by atoms with E-state index in [1.165, 1.54) is 5.56 Å². The quantitative estimate of drug-likeness (QED) is 0.676. The van der Waals surface area contributed by atoms with E-state index in [0.717, 1.165) is 12.0 Å². The molecule has 1 amide bonds. The molecular weight excluding hydrogens is 272 g/mol. The summed E-state index contributed by atoms with van der Waals surface area (Å²) < 4.78 is 0. The molecule has 0 aliphatic carbocycles. The number of carbonyl (C=O) groups excluding carboxylic acids is 1. The molecule has 0 bridgehead atoms. The second kappa shape index (κ2) is 6.87. The standard InChI is InChI=1S/C16H15ClN2O/c1-2-12-7-9-13(10-8-12)11-18-19-16(20)14-5-3-4-6-15(14)17/h3-11H,2H2,1H3,(H,19,20)/b18-11+. The van der Waals surface area contributed by atoms with Gasteiger partial charge in [0.25, 0.3) is 5.91 Å². The lowest BCUT2D eigenvalue weighted by atomic mass is 10.1. The first kappa shape index (κ1) is 14.3. The van der Waals surface area contributed by atoms with Crippen molar-refractivity contribution in [2.45, 2.75) is 13.3 Å². The van der Waals surface area contributed by atoms with Gasteiger partial charge in [0, 0.05) is 0 Å². The molecule has 3 nitrogen and oxygen atoms in total. The number of halogens is 1. The van der Waals surface area contributed by atoms with Gasteiger partial charge in [-0.1, -0.05) is 54.9 Å². The molecule has 0 aromatic heterocycles. The zero-order valence-corrected chi connectivity index (χ0v) is 11.9. The minimum atomic E-state index is -0.322. The number of hydrogen-bond donors (Lipinski definition) is 1. The van der Waals surface area contributed by atoms with Crippen LogP contribution < -0.4 is 5.43 Å². The van der Waals surface area contributed by atoms with E-state index in [2.05, 4.69) is 17.5 Å². The fourth-order valence-corrected chi connectivity index (χ4v) is 1.93. The van der Waals surface area contributed by atoms with Crippen LogP contribution in [0.4, 0.5) is 0 Å². The van der Waals surface area contributed by atoms with E-state index in [9.17, 15) is 4.79 Å². The molecule has 2 aromatic rings. The molecule has 0 saturated heterocycles. The summed E-state index contributed by atoms with van der Waals surface area (Å²) in [4.78, 5) is 11.8. The average molecular weight is 287 g/mol. The molecule has 1 N–H and O–H groups in total. The summed E-state index contributed by atoms with van der Waals surface area (Å²) in [5.41, 5.74) is 5.07. The molecule has 2 rings (SSSR count). The fraction of sp³-hybridized carbons (Fsp3) is 0.125. The van der Waals surface area contributed by atoms with Crippen molar-refractivity contribution in [3.8, 4) is 0 Å². The van der Waals surface area contributed by atoms with E-state index >= 15 is 0 Å². The predicted octanol–water partition coefficient (Wildman–Crippen LogP) is 3.67. The molecule has 0 aliphatic heterocycles. The molecule has 0 atom stereocenters. The number of benzene rings is 2. The molecule has 20 heavy (non-hydrogen) atoms. The highest BCUT2D eigenvalue weighted by atomic mass is 35.5. The summed E-state index contributed by atoms with van der Waals surface area (Å²) in [7, 11) is 0. The molecule has 0 heterocycles. The molecule has 2 aromatic carbocycles. The third-order valence-corrected chi connectivity index (χ3v) is 3.22. The van der Waals surface area contributed by atoms with Gasteiger partial charge in [-0.25, -0.2) is 5.43 Å². The Kier molecular flexibility index (Phi) is 4.91. The van der Waals surface area contributed by atoms with Crippen molar-refractivity contribution in [3.05, 3.63) is 70.2 Å². The van der Waals surface area contributed by atoms with Crippen LogP contribution in [0.2, 0.25) is 5.02 Å². The molecule has 0 unspecified atom stereocenters. The molecule has 0 aliphatic rings. The molecule has 0 fully saturated rings. The Morgan fingerprint density at radius 3 is 2.55 bits per heavy atom. The maximum Gasteiger partial charge on any atom is 0.272 e. The van der Waals surface area contributed by atoms with Gasteiger partial charge in [-0.05, 0) is 29.7 Å². The van der Waals surface area contributed by atoms with Crippen LogP contribution in [0, 0.1) is 0 Å². The van der Waals surface area contributed by atoms with E-state index in [0.29, 0.717) is 10.6 Å². The molecular formula is C16H15ClN2O. The highest BCUT2D eigenvalue weighted by Crippen LogP contribution is 2.14. The summed E-state index contributed by atoms with van der Waals surface area (Å²) in [6.45, 7) is 2.10. The molecule has 0 radical (unpaired) electrons. The summed E-state index contributed by atoms with van der Waals surface area (Å²) in [6.07, 6.45) is 2.61. The Morgan fingerprint density at radius 2 is 1.90 bits per heavy atom. The van der Waals surface area contributed by atoms with Crippen molar-refractivity contribution < 1.29 is 4.79 Å². The Labute approximate surface area is 123 Å². The van der Waals surface area contributed by atoms with Gasteiger partial charge in [0.1, 0.15) is 0 Å². The number of hydrazone groups is 1. The van der Waals surface area contributed by atoms with Crippen molar-refractivity contribution in [2.75, 3.05) is 0 Å². The zero-order valence-electron chi connectivity index (χ0n) is 11.1. The lowest BCUT2D eigenvalue weighted by molar-refractivity contribution is 0.0955. The molecule has 0 saturated carbocycles. The summed E-state index contributed by atoms with van der Waals surface area (Å²) >= 11 is 5.94. The zero-order chi connectivity index (χ0) is 14.4. The first-order chi connectivity index (χ1) is 9.70. The van der Waals surface area contributed by atoms with Gasteiger partial charge < -0.3 is 0 Å². The topological polar surface area (TPSA) is 41.5 Å². The first-order valence-electron chi connectivity index (χ1n) is 6.37. The normalized spacial score (nSPS) is 10.7. The highest BCUT2D eigenvalue weighted by Gasteiger charge is 2.07. The van der Waals surface area contributed by atoms with Crippen LogP contribution in [0.5, 0.6) is 0 Å². The minimum Gasteiger partial charge on any atom is -0.267 e. The number of nitrogens with one attached hydrogen (secondary N) is 1.